The number of nitrogens with zero attached hydrogens (tertiary/aromatic N) is 1. The summed E-state index contributed by atoms with van der Waals surface area (Å²) in [6.07, 6.45) is 1.25. The van der Waals surface area contributed by atoms with Crippen molar-refractivity contribution in [1.29, 1.82) is 0 Å². The highest BCUT2D eigenvalue weighted by molar-refractivity contribution is 6.36. The Morgan fingerprint density at radius 2 is 1.56 bits per heavy atom. The van der Waals surface area contributed by atoms with Crippen molar-refractivity contribution in [3.05, 3.63) is 0 Å². The third-order valence-corrected chi connectivity index (χ3v) is 3.80. The molecule has 0 bridgehead atoms. The lowest BCUT2D eigenvalue weighted by Crippen LogP contribution is -2.27. The Morgan fingerprint density at radius 1 is 1.00 bits per heavy atom. The molecule has 0 saturated carbocycles. The molecular weight excluding hydrogens is 218 g/mol. The van der Waals surface area contributed by atoms with E-state index in [9.17, 15) is 0 Å². The number of ether oxygens (including phenoxy) is 2. The zero-order chi connectivity index (χ0) is 12.2. The minimum absolute atomic E-state index is 0.0340. The molecule has 0 aromatic rings. The molecule has 96 valence electrons. The normalized spacial score (nSPS) is 11.6. The second-order valence-corrected chi connectivity index (χ2v) is 4.96. The molecule has 0 N–H and O–H groups in total. The fourth-order valence-electron chi connectivity index (χ4n) is 1.53. The van der Waals surface area contributed by atoms with Gasteiger partial charge in [-0.15, -0.1) is 0 Å². The van der Waals surface area contributed by atoms with Gasteiger partial charge in [0.25, 0.3) is 0 Å². The summed E-state index contributed by atoms with van der Waals surface area (Å²) in [4.78, 5) is 2.46. The van der Waals surface area contributed by atoms with E-state index in [1.54, 1.807) is 0 Å². The van der Waals surface area contributed by atoms with Crippen molar-refractivity contribution in [2.75, 3.05) is 32.8 Å². The molecule has 0 atom stereocenters. The van der Waals surface area contributed by atoms with E-state index in [1.165, 1.54) is 19.0 Å². The van der Waals surface area contributed by atoms with Crippen molar-refractivity contribution in [2.24, 2.45) is 0 Å². The van der Waals surface area contributed by atoms with Gasteiger partial charge in [0.1, 0.15) is 15.4 Å². The van der Waals surface area contributed by atoms with Gasteiger partial charge < -0.3 is 14.4 Å². The minimum Gasteiger partial charge on any atom is -0.357 e. The predicted molar refractivity (Wildman–Crippen MR) is 70.0 cm³/mol. The molecule has 0 aliphatic rings. The third-order valence-electron chi connectivity index (χ3n) is 2.49. The molecule has 0 aromatic carbocycles. The standard InChI is InChI=1S/C12H27NO2Si/c1-5-13(6-2)10-9-11-16-12(14-7-3)15-8-4/h12H,5-11H2,1-4H3. The van der Waals surface area contributed by atoms with Crippen LogP contribution in [0.4, 0.5) is 0 Å². The largest absolute Gasteiger partial charge is 0.357 e. The average Bonchev–Trinajstić information content (AvgIpc) is 2.30. The molecule has 0 spiro atoms. The number of rotatable bonds is 11. The molecular formula is C12H27NO2Si. The molecule has 0 saturated heterocycles. The highest BCUT2D eigenvalue weighted by Gasteiger charge is 2.08. The smallest absolute Gasteiger partial charge is 0.137 e. The first-order chi connectivity index (χ1) is 7.78. The van der Waals surface area contributed by atoms with E-state index < -0.39 is 0 Å². The molecule has 0 aliphatic carbocycles. The van der Waals surface area contributed by atoms with Gasteiger partial charge in [0, 0.05) is 13.2 Å². The monoisotopic (exact) mass is 245 g/mol. The Bertz CT molecular complexity index is 137. The second kappa shape index (κ2) is 11.6. The molecule has 0 amide bonds. The maximum absolute atomic E-state index is 5.52. The number of hydrogen-bond acceptors (Lipinski definition) is 3. The van der Waals surface area contributed by atoms with Crippen LogP contribution >= 0.6 is 0 Å². The van der Waals surface area contributed by atoms with Crippen molar-refractivity contribution in [3.63, 3.8) is 0 Å². The molecule has 0 rings (SSSR count). The first kappa shape index (κ1) is 16.1. The SMILES string of the molecule is CCOC(OCC)[Si]CCCN(CC)CC. The Labute approximate surface area is 103 Å². The van der Waals surface area contributed by atoms with Gasteiger partial charge in [0.05, 0.1) is 0 Å². The van der Waals surface area contributed by atoms with Gasteiger partial charge >= 0.3 is 0 Å². The van der Waals surface area contributed by atoms with Gasteiger partial charge in [-0.05, 0) is 39.9 Å². The fourth-order valence-corrected chi connectivity index (χ4v) is 2.70. The molecule has 0 fully saturated rings. The lowest BCUT2D eigenvalue weighted by molar-refractivity contribution is -0.0828. The Morgan fingerprint density at radius 3 is 2.00 bits per heavy atom. The summed E-state index contributed by atoms with van der Waals surface area (Å²) < 4.78 is 11.0. The lowest BCUT2D eigenvalue weighted by Gasteiger charge is -2.19. The third kappa shape index (κ3) is 8.27. The van der Waals surface area contributed by atoms with Crippen LogP contribution in [0.2, 0.25) is 6.04 Å². The molecule has 3 nitrogen and oxygen atoms in total. The molecule has 0 heterocycles. The van der Waals surface area contributed by atoms with Crippen LogP contribution in [0.1, 0.15) is 34.1 Å². The van der Waals surface area contributed by atoms with E-state index >= 15 is 0 Å². The van der Waals surface area contributed by atoms with Crippen molar-refractivity contribution in [1.82, 2.24) is 4.90 Å². The maximum atomic E-state index is 5.52. The first-order valence-electron chi connectivity index (χ1n) is 6.47. The van der Waals surface area contributed by atoms with Gasteiger partial charge in [-0.25, -0.2) is 0 Å². The molecule has 2 radical (unpaired) electrons. The number of hydrogen-bond donors (Lipinski definition) is 0. The zero-order valence-electron chi connectivity index (χ0n) is 11.3. The van der Waals surface area contributed by atoms with E-state index in [0.29, 0.717) is 0 Å². The van der Waals surface area contributed by atoms with E-state index in [2.05, 4.69) is 18.7 Å². The molecule has 4 heteroatoms. The Kier molecular flexibility index (Phi) is 11.6. The topological polar surface area (TPSA) is 21.7 Å². The molecule has 0 aliphatic heterocycles. The van der Waals surface area contributed by atoms with E-state index in [-0.39, 0.29) is 5.91 Å². The van der Waals surface area contributed by atoms with Crippen molar-refractivity contribution >= 4 is 9.52 Å². The van der Waals surface area contributed by atoms with E-state index in [0.717, 1.165) is 35.8 Å². The summed E-state index contributed by atoms with van der Waals surface area (Å²) >= 11 is 0. The van der Waals surface area contributed by atoms with Crippen LogP contribution in [-0.4, -0.2) is 53.2 Å². The van der Waals surface area contributed by atoms with Gasteiger partial charge in [-0.3, -0.25) is 0 Å². The lowest BCUT2D eigenvalue weighted by atomic mass is 10.4. The van der Waals surface area contributed by atoms with Gasteiger partial charge in [0.2, 0.25) is 0 Å². The Balaban J connectivity index is 3.52. The quantitative estimate of drug-likeness (QED) is 0.316. The molecule has 0 aromatic heterocycles. The second-order valence-electron chi connectivity index (χ2n) is 3.58. The van der Waals surface area contributed by atoms with E-state index in [4.69, 9.17) is 9.47 Å². The van der Waals surface area contributed by atoms with Gasteiger partial charge in [-0.2, -0.15) is 0 Å². The zero-order valence-corrected chi connectivity index (χ0v) is 12.3. The summed E-state index contributed by atoms with van der Waals surface area (Å²) in [6, 6.07) is 1.21. The maximum Gasteiger partial charge on any atom is 0.137 e. The van der Waals surface area contributed by atoms with E-state index in [1.807, 2.05) is 13.8 Å². The fraction of sp³-hybridized carbons (Fsp3) is 1.00. The first-order valence-corrected chi connectivity index (χ1v) is 7.75. The summed E-state index contributed by atoms with van der Waals surface area (Å²) in [5.74, 6) is 0.0340. The average molecular weight is 245 g/mol. The van der Waals surface area contributed by atoms with Crippen LogP contribution in [0.25, 0.3) is 0 Å². The van der Waals surface area contributed by atoms with Crippen molar-refractivity contribution in [3.8, 4) is 0 Å². The van der Waals surface area contributed by atoms with Crippen LogP contribution < -0.4 is 0 Å². The van der Waals surface area contributed by atoms with Crippen LogP contribution in [0.5, 0.6) is 0 Å². The summed E-state index contributed by atoms with van der Waals surface area (Å²) in [6.45, 7) is 13.5. The highest BCUT2D eigenvalue weighted by atomic mass is 28.2. The van der Waals surface area contributed by atoms with Crippen molar-refractivity contribution < 1.29 is 9.47 Å². The summed E-state index contributed by atoms with van der Waals surface area (Å²) in [5, 5.41) is 0. The predicted octanol–water partition coefficient (Wildman–Crippen LogP) is 2.20. The van der Waals surface area contributed by atoms with Crippen LogP contribution in [0.15, 0.2) is 0 Å². The molecule has 16 heavy (non-hydrogen) atoms. The minimum atomic E-state index is 0.0340. The highest BCUT2D eigenvalue weighted by Crippen LogP contribution is 2.00. The van der Waals surface area contributed by atoms with Crippen molar-refractivity contribution in [2.45, 2.75) is 46.1 Å². The van der Waals surface area contributed by atoms with Crippen LogP contribution in [0.3, 0.4) is 0 Å². The van der Waals surface area contributed by atoms with Gasteiger partial charge in [0.15, 0.2) is 0 Å². The van der Waals surface area contributed by atoms with Crippen LogP contribution in [-0.2, 0) is 9.47 Å². The van der Waals surface area contributed by atoms with Gasteiger partial charge in [-0.1, -0.05) is 19.9 Å². The summed E-state index contributed by atoms with van der Waals surface area (Å²) in [5.41, 5.74) is 0. The Hall–Kier alpha value is 0.0969. The molecule has 0 unspecified atom stereocenters. The summed E-state index contributed by atoms with van der Waals surface area (Å²) in [7, 11) is 0.768. The van der Waals surface area contributed by atoms with Crippen LogP contribution in [0, 0.1) is 0 Å².